The molecule has 0 saturated carbocycles. The van der Waals surface area contributed by atoms with Gasteiger partial charge in [-0.2, -0.15) is 0 Å². The van der Waals surface area contributed by atoms with Crippen molar-refractivity contribution in [2.75, 3.05) is 51.3 Å². The second kappa shape index (κ2) is 11.2. The lowest BCUT2D eigenvalue weighted by Crippen LogP contribution is -2.53. The van der Waals surface area contributed by atoms with Gasteiger partial charge >= 0.3 is 0 Å². The molecule has 1 N–H and O–H groups in total. The first-order chi connectivity index (χ1) is 15.0. The number of carbonyl (C=O) groups excluding carboxylic acids is 1. The zero-order valence-electron chi connectivity index (χ0n) is 18.9. The number of hydrogen-bond acceptors (Lipinski definition) is 5. The number of carbonyl (C=O) groups is 1. The molecule has 1 saturated heterocycles. The van der Waals surface area contributed by atoms with Gasteiger partial charge in [0.2, 0.25) is 5.91 Å². The first-order valence-electron chi connectivity index (χ1n) is 11.1. The highest BCUT2D eigenvalue weighted by molar-refractivity contribution is 5.78. The summed E-state index contributed by atoms with van der Waals surface area (Å²) in [5.41, 5.74) is 2.30. The van der Waals surface area contributed by atoms with Gasteiger partial charge in [-0.15, -0.1) is 0 Å². The number of nitrogens with zero attached hydrogens (tertiary/aromatic N) is 3. The number of aliphatic hydroxyl groups excluding tert-OH is 1. The van der Waals surface area contributed by atoms with E-state index in [0.717, 1.165) is 30.1 Å². The second-order valence-corrected chi connectivity index (χ2v) is 8.45. The third kappa shape index (κ3) is 6.21. The smallest absolute Gasteiger partial charge is 0.236 e. The molecule has 6 nitrogen and oxygen atoms in total. The summed E-state index contributed by atoms with van der Waals surface area (Å²) in [5.74, 6) is 1.23. The molecule has 168 valence electrons. The summed E-state index contributed by atoms with van der Waals surface area (Å²) in [7, 11) is 1.67. The molecule has 1 unspecified atom stereocenters. The van der Waals surface area contributed by atoms with Gasteiger partial charge in [-0.05, 0) is 35.7 Å². The van der Waals surface area contributed by atoms with Gasteiger partial charge in [0.15, 0.2) is 0 Å². The lowest BCUT2D eigenvalue weighted by Gasteiger charge is -2.38. The normalized spacial score (nSPS) is 15.4. The van der Waals surface area contributed by atoms with E-state index < -0.39 is 0 Å². The number of aliphatic hydroxyl groups is 1. The number of amides is 1. The van der Waals surface area contributed by atoms with E-state index in [1.54, 1.807) is 7.11 Å². The van der Waals surface area contributed by atoms with Gasteiger partial charge in [-0.1, -0.05) is 44.2 Å². The molecule has 2 aromatic rings. The summed E-state index contributed by atoms with van der Waals surface area (Å²) in [6.45, 7) is 8.24. The Labute approximate surface area is 186 Å². The molecule has 1 heterocycles. The standard InChI is InChI=1S/C25H35N3O3/c1-20(2)24(19-29)28(17-21-7-5-4-6-8-21)18-25(30)27-15-13-26(14-16-27)22-9-11-23(31-3)12-10-22/h4-12,20,24,29H,13-19H2,1-3H3. The Morgan fingerprint density at radius 3 is 2.23 bits per heavy atom. The number of ether oxygens (including phenoxy) is 1. The molecule has 1 amide bonds. The summed E-state index contributed by atoms with van der Waals surface area (Å²) in [4.78, 5) is 19.5. The van der Waals surface area contributed by atoms with Crippen molar-refractivity contribution in [3.05, 3.63) is 60.2 Å². The monoisotopic (exact) mass is 425 g/mol. The van der Waals surface area contributed by atoms with Gasteiger partial charge in [0.1, 0.15) is 5.75 Å². The second-order valence-electron chi connectivity index (χ2n) is 8.45. The summed E-state index contributed by atoms with van der Waals surface area (Å²) < 4.78 is 5.24. The summed E-state index contributed by atoms with van der Waals surface area (Å²) in [6.07, 6.45) is 0. The quantitative estimate of drug-likeness (QED) is 0.670. The van der Waals surface area contributed by atoms with E-state index in [1.807, 2.05) is 35.2 Å². The average molecular weight is 426 g/mol. The van der Waals surface area contributed by atoms with Crippen molar-refractivity contribution in [1.29, 1.82) is 0 Å². The van der Waals surface area contributed by atoms with Crippen LogP contribution in [0.5, 0.6) is 5.75 Å². The molecule has 0 radical (unpaired) electrons. The molecular formula is C25H35N3O3. The van der Waals surface area contributed by atoms with Crippen LogP contribution in [0, 0.1) is 5.92 Å². The van der Waals surface area contributed by atoms with Crippen molar-refractivity contribution in [1.82, 2.24) is 9.80 Å². The van der Waals surface area contributed by atoms with Gasteiger partial charge in [0.25, 0.3) is 0 Å². The van der Waals surface area contributed by atoms with Crippen LogP contribution in [0.3, 0.4) is 0 Å². The van der Waals surface area contributed by atoms with Gasteiger partial charge in [-0.3, -0.25) is 9.69 Å². The SMILES string of the molecule is COc1ccc(N2CCN(C(=O)CN(Cc3ccccc3)C(CO)C(C)C)CC2)cc1. The molecule has 1 atom stereocenters. The van der Waals surface area contributed by atoms with E-state index in [-0.39, 0.29) is 24.5 Å². The number of piperazine rings is 1. The summed E-state index contributed by atoms with van der Waals surface area (Å²) in [6, 6.07) is 18.2. The van der Waals surface area contributed by atoms with Crippen LogP contribution in [0.1, 0.15) is 19.4 Å². The molecule has 1 aliphatic heterocycles. The minimum absolute atomic E-state index is 0.0447. The van der Waals surface area contributed by atoms with Crippen molar-refractivity contribution < 1.29 is 14.6 Å². The first kappa shape index (κ1) is 23.1. The zero-order chi connectivity index (χ0) is 22.2. The minimum Gasteiger partial charge on any atom is -0.497 e. The fourth-order valence-electron chi connectivity index (χ4n) is 4.14. The molecule has 6 heteroatoms. The van der Waals surface area contributed by atoms with Crippen LogP contribution < -0.4 is 9.64 Å². The van der Waals surface area contributed by atoms with E-state index in [9.17, 15) is 9.90 Å². The Morgan fingerprint density at radius 1 is 1.03 bits per heavy atom. The maximum Gasteiger partial charge on any atom is 0.236 e. The van der Waals surface area contributed by atoms with Gasteiger partial charge < -0.3 is 19.6 Å². The van der Waals surface area contributed by atoms with Crippen LogP contribution in [-0.4, -0.2) is 73.3 Å². The molecule has 31 heavy (non-hydrogen) atoms. The van der Waals surface area contributed by atoms with Gasteiger partial charge in [-0.25, -0.2) is 0 Å². The van der Waals surface area contributed by atoms with Crippen LogP contribution >= 0.6 is 0 Å². The molecule has 0 bridgehead atoms. The first-order valence-corrected chi connectivity index (χ1v) is 11.1. The van der Waals surface area contributed by atoms with Crippen molar-refractivity contribution >= 4 is 11.6 Å². The van der Waals surface area contributed by atoms with Gasteiger partial charge in [0, 0.05) is 44.5 Å². The van der Waals surface area contributed by atoms with Crippen molar-refractivity contribution in [2.45, 2.75) is 26.4 Å². The lowest BCUT2D eigenvalue weighted by molar-refractivity contribution is -0.134. The predicted octanol–water partition coefficient (Wildman–Crippen LogP) is 2.86. The number of benzene rings is 2. The van der Waals surface area contributed by atoms with Gasteiger partial charge in [0.05, 0.1) is 20.3 Å². The van der Waals surface area contributed by atoms with Crippen LogP contribution in [0.4, 0.5) is 5.69 Å². The highest BCUT2D eigenvalue weighted by Gasteiger charge is 2.27. The van der Waals surface area contributed by atoms with E-state index in [4.69, 9.17) is 4.74 Å². The number of methoxy groups -OCH3 is 1. The predicted molar refractivity (Wildman–Crippen MR) is 124 cm³/mol. The molecular weight excluding hydrogens is 390 g/mol. The Bertz CT molecular complexity index is 803. The fourth-order valence-corrected chi connectivity index (χ4v) is 4.14. The van der Waals surface area contributed by atoms with Crippen molar-refractivity contribution in [2.24, 2.45) is 5.92 Å². The Kier molecular flexibility index (Phi) is 8.32. The maximum atomic E-state index is 13.1. The topological polar surface area (TPSA) is 56.2 Å². The number of anilines is 1. The molecule has 0 aliphatic carbocycles. The highest BCUT2D eigenvalue weighted by atomic mass is 16.5. The number of rotatable bonds is 9. The molecule has 2 aromatic carbocycles. The van der Waals surface area contributed by atoms with Crippen LogP contribution in [-0.2, 0) is 11.3 Å². The van der Waals surface area contributed by atoms with Crippen molar-refractivity contribution in [3.8, 4) is 5.75 Å². The Morgan fingerprint density at radius 2 is 1.68 bits per heavy atom. The van der Waals surface area contributed by atoms with Crippen molar-refractivity contribution in [3.63, 3.8) is 0 Å². The molecule has 3 rings (SSSR count). The van der Waals surface area contributed by atoms with Crippen LogP contribution in [0.15, 0.2) is 54.6 Å². The minimum atomic E-state index is -0.0512. The van der Waals surface area contributed by atoms with E-state index in [2.05, 4.69) is 47.9 Å². The van der Waals surface area contributed by atoms with E-state index >= 15 is 0 Å². The van der Waals surface area contributed by atoms with Crippen LogP contribution in [0.2, 0.25) is 0 Å². The highest BCUT2D eigenvalue weighted by Crippen LogP contribution is 2.21. The van der Waals surface area contributed by atoms with Crippen LogP contribution in [0.25, 0.3) is 0 Å². The molecule has 0 spiro atoms. The zero-order valence-corrected chi connectivity index (χ0v) is 18.9. The molecule has 0 aromatic heterocycles. The maximum absolute atomic E-state index is 13.1. The third-order valence-electron chi connectivity index (χ3n) is 6.06. The Balaban J connectivity index is 1.60. The lowest BCUT2D eigenvalue weighted by atomic mass is 10.0. The third-order valence-corrected chi connectivity index (χ3v) is 6.06. The number of hydrogen-bond donors (Lipinski definition) is 1. The fraction of sp³-hybridized carbons (Fsp3) is 0.480. The molecule has 1 fully saturated rings. The summed E-state index contributed by atoms with van der Waals surface area (Å²) >= 11 is 0. The van der Waals surface area contributed by atoms with E-state index in [1.165, 1.54) is 0 Å². The van der Waals surface area contributed by atoms with E-state index in [0.29, 0.717) is 26.2 Å². The summed E-state index contributed by atoms with van der Waals surface area (Å²) in [5, 5.41) is 9.98. The molecule has 1 aliphatic rings. The average Bonchev–Trinajstić information content (AvgIpc) is 2.80. The largest absolute Gasteiger partial charge is 0.497 e. The Hall–Kier alpha value is -2.57.